The largest absolute Gasteiger partial charge is 0.468 e. The highest BCUT2D eigenvalue weighted by atomic mass is 16.5. The van der Waals surface area contributed by atoms with E-state index >= 15 is 0 Å². The fourth-order valence-electron chi connectivity index (χ4n) is 2.32. The Morgan fingerprint density at radius 1 is 1.56 bits per heavy atom. The molecule has 88 valence electrons. The molecule has 2 atom stereocenters. The van der Waals surface area contributed by atoms with E-state index in [9.17, 15) is 9.59 Å². The maximum absolute atomic E-state index is 11.8. The Morgan fingerprint density at radius 2 is 2.31 bits per heavy atom. The number of hydrogen-bond donors (Lipinski definition) is 0. The van der Waals surface area contributed by atoms with Crippen LogP contribution in [0.3, 0.4) is 0 Å². The molecule has 0 bridgehead atoms. The van der Waals surface area contributed by atoms with Crippen molar-refractivity contribution in [3.63, 3.8) is 0 Å². The second kappa shape index (κ2) is 6.32. The lowest BCUT2D eigenvalue weighted by molar-refractivity contribution is -0.151. The van der Waals surface area contributed by atoms with Crippen LogP contribution >= 0.6 is 0 Å². The maximum Gasteiger partial charge on any atom is 0.316 e. The van der Waals surface area contributed by atoms with Gasteiger partial charge in [0.2, 0.25) is 0 Å². The summed E-state index contributed by atoms with van der Waals surface area (Å²) in [5.74, 6) is 1.68. The minimum absolute atomic E-state index is 0.0198. The second-order valence-electron chi connectivity index (χ2n) is 4.22. The van der Waals surface area contributed by atoms with Gasteiger partial charge in [-0.25, -0.2) is 0 Å². The third kappa shape index (κ3) is 3.10. The SMILES string of the molecule is C#CCCC1CCCCC(=O)C1C(=O)OC. The van der Waals surface area contributed by atoms with Crippen molar-refractivity contribution in [3.05, 3.63) is 0 Å². The smallest absolute Gasteiger partial charge is 0.316 e. The Morgan fingerprint density at radius 3 is 2.94 bits per heavy atom. The molecule has 1 fully saturated rings. The van der Waals surface area contributed by atoms with Crippen LogP contribution < -0.4 is 0 Å². The van der Waals surface area contributed by atoms with Gasteiger partial charge in [-0.15, -0.1) is 12.3 Å². The van der Waals surface area contributed by atoms with Gasteiger partial charge in [0.05, 0.1) is 7.11 Å². The highest BCUT2D eigenvalue weighted by Gasteiger charge is 2.36. The lowest BCUT2D eigenvalue weighted by Crippen LogP contribution is -2.31. The summed E-state index contributed by atoms with van der Waals surface area (Å²) in [6.45, 7) is 0. The van der Waals surface area contributed by atoms with Crippen molar-refractivity contribution < 1.29 is 14.3 Å². The predicted molar refractivity (Wildman–Crippen MR) is 60.5 cm³/mol. The standard InChI is InChI=1S/C13H18O3/c1-3-4-7-10-8-5-6-9-11(14)12(10)13(15)16-2/h1,10,12H,4-9H2,2H3. The molecule has 1 aliphatic carbocycles. The quantitative estimate of drug-likeness (QED) is 0.317. The van der Waals surface area contributed by atoms with Crippen LogP contribution in [0.25, 0.3) is 0 Å². The molecule has 2 unspecified atom stereocenters. The van der Waals surface area contributed by atoms with Crippen molar-refractivity contribution in [1.29, 1.82) is 0 Å². The first-order valence-corrected chi connectivity index (χ1v) is 5.74. The van der Waals surface area contributed by atoms with Crippen molar-refractivity contribution in [3.8, 4) is 12.3 Å². The summed E-state index contributed by atoms with van der Waals surface area (Å²) in [7, 11) is 1.33. The van der Waals surface area contributed by atoms with Crippen LogP contribution in [0.4, 0.5) is 0 Å². The first kappa shape index (κ1) is 12.8. The lowest BCUT2D eigenvalue weighted by Gasteiger charge is -2.20. The van der Waals surface area contributed by atoms with Gasteiger partial charge >= 0.3 is 5.97 Å². The van der Waals surface area contributed by atoms with E-state index in [-0.39, 0.29) is 11.7 Å². The molecule has 3 heteroatoms. The Bertz CT molecular complexity index is 301. The number of hydrogen-bond acceptors (Lipinski definition) is 3. The normalized spacial score (nSPS) is 25.6. The molecule has 0 aromatic rings. The van der Waals surface area contributed by atoms with Crippen LogP contribution in [-0.2, 0) is 14.3 Å². The van der Waals surface area contributed by atoms with Gasteiger partial charge in [-0.3, -0.25) is 9.59 Å². The third-order valence-electron chi connectivity index (χ3n) is 3.18. The molecule has 0 N–H and O–H groups in total. The molecule has 0 aromatic carbocycles. The topological polar surface area (TPSA) is 43.4 Å². The highest BCUT2D eigenvalue weighted by Crippen LogP contribution is 2.30. The second-order valence-corrected chi connectivity index (χ2v) is 4.22. The van der Waals surface area contributed by atoms with E-state index in [1.165, 1.54) is 7.11 Å². The molecule has 16 heavy (non-hydrogen) atoms. The van der Waals surface area contributed by atoms with Gasteiger partial charge < -0.3 is 4.74 Å². The van der Waals surface area contributed by atoms with Gasteiger partial charge in [0.1, 0.15) is 11.7 Å². The Kier molecular flexibility index (Phi) is 5.04. The van der Waals surface area contributed by atoms with Crippen molar-refractivity contribution in [2.45, 2.75) is 38.5 Å². The van der Waals surface area contributed by atoms with E-state index in [0.717, 1.165) is 25.7 Å². The van der Waals surface area contributed by atoms with Crippen LogP contribution in [0.2, 0.25) is 0 Å². The molecule has 0 spiro atoms. The van der Waals surface area contributed by atoms with Gasteiger partial charge in [-0.1, -0.05) is 6.42 Å². The first-order chi connectivity index (χ1) is 7.70. The fourth-order valence-corrected chi connectivity index (χ4v) is 2.32. The van der Waals surface area contributed by atoms with Crippen LogP contribution in [0.1, 0.15) is 38.5 Å². The third-order valence-corrected chi connectivity index (χ3v) is 3.18. The van der Waals surface area contributed by atoms with E-state index in [1.807, 2.05) is 0 Å². The van der Waals surface area contributed by atoms with Gasteiger partial charge in [-0.05, 0) is 25.2 Å². The molecule has 1 aliphatic rings. The van der Waals surface area contributed by atoms with E-state index in [2.05, 4.69) is 5.92 Å². The summed E-state index contributed by atoms with van der Waals surface area (Å²) in [4.78, 5) is 23.4. The van der Waals surface area contributed by atoms with Crippen molar-refractivity contribution >= 4 is 11.8 Å². The first-order valence-electron chi connectivity index (χ1n) is 5.74. The molecule has 0 amide bonds. The number of carbonyl (C=O) groups is 2. The number of terminal acetylenes is 1. The molecule has 0 aliphatic heterocycles. The molecule has 0 saturated heterocycles. The Hall–Kier alpha value is -1.30. The minimum Gasteiger partial charge on any atom is -0.468 e. The van der Waals surface area contributed by atoms with Gasteiger partial charge in [0.25, 0.3) is 0 Å². The van der Waals surface area contributed by atoms with Crippen molar-refractivity contribution in [2.75, 3.05) is 7.11 Å². The zero-order valence-corrected chi connectivity index (χ0v) is 9.70. The van der Waals surface area contributed by atoms with Crippen molar-refractivity contribution in [2.24, 2.45) is 11.8 Å². The van der Waals surface area contributed by atoms with Crippen LogP contribution in [0.15, 0.2) is 0 Å². The predicted octanol–water partition coefficient (Wildman–Crippen LogP) is 1.95. The average Bonchev–Trinajstić information content (AvgIpc) is 2.47. The summed E-state index contributed by atoms with van der Waals surface area (Å²) in [5.41, 5.74) is 0. The van der Waals surface area contributed by atoms with E-state index in [4.69, 9.17) is 11.2 Å². The zero-order chi connectivity index (χ0) is 12.0. The molecular weight excluding hydrogens is 204 g/mol. The summed E-state index contributed by atoms with van der Waals surface area (Å²) < 4.78 is 4.71. The summed E-state index contributed by atoms with van der Waals surface area (Å²) in [6, 6.07) is 0. The van der Waals surface area contributed by atoms with E-state index in [1.54, 1.807) is 0 Å². The zero-order valence-electron chi connectivity index (χ0n) is 9.70. The fraction of sp³-hybridized carbons (Fsp3) is 0.692. The van der Waals surface area contributed by atoms with Crippen LogP contribution in [0, 0.1) is 24.2 Å². The monoisotopic (exact) mass is 222 g/mol. The van der Waals surface area contributed by atoms with Gasteiger partial charge in [0.15, 0.2) is 0 Å². The number of Topliss-reactive ketones (excluding diaryl/α,β-unsaturated/α-hetero) is 1. The molecular formula is C13H18O3. The van der Waals surface area contributed by atoms with E-state index < -0.39 is 11.9 Å². The van der Waals surface area contributed by atoms with E-state index in [0.29, 0.717) is 12.8 Å². The maximum atomic E-state index is 11.8. The lowest BCUT2D eigenvalue weighted by atomic mass is 9.84. The highest BCUT2D eigenvalue weighted by molar-refractivity contribution is 5.99. The number of ketones is 1. The van der Waals surface area contributed by atoms with Crippen LogP contribution in [0.5, 0.6) is 0 Å². The Labute approximate surface area is 96.5 Å². The molecule has 0 heterocycles. The number of rotatable bonds is 3. The molecule has 1 rings (SSSR count). The van der Waals surface area contributed by atoms with Crippen LogP contribution in [-0.4, -0.2) is 18.9 Å². The molecule has 0 radical (unpaired) electrons. The molecule has 0 aromatic heterocycles. The average molecular weight is 222 g/mol. The number of ether oxygens (including phenoxy) is 1. The van der Waals surface area contributed by atoms with Gasteiger partial charge in [0, 0.05) is 12.8 Å². The Balaban J connectivity index is 2.77. The summed E-state index contributed by atoms with van der Waals surface area (Å²) >= 11 is 0. The van der Waals surface area contributed by atoms with Gasteiger partial charge in [-0.2, -0.15) is 0 Å². The minimum atomic E-state index is -0.583. The number of esters is 1. The van der Waals surface area contributed by atoms with Crippen molar-refractivity contribution in [1.82, 2.24) is 0 Å². The number of carbonyl (C=O) groups excluding carboxylic acids is 2. The number of methoxy groups -OCH3 is 1. The molecule has 1 saturated carbocycles. The molecule has 3 nitrogen and oxygen atoms in total. The summed E-state index contributed by atoms with van der Waals surface area (Å²) in [6.07, 6.45) is 9.83. The summed E-state index contributed by atoms with van der Waals surface area (Å²) in [5, 5.41) is 0.